The molecule has 3 aromatic carbocycles. The maximum atomic E-state index is 12.6. The fourth-order valence-electron chi connectivity index (χ4n) is 3.81. The third-order valence-electron chi connectivity index (χ3n) is 5.66. The Morgan fingerprint density at radius 3 is 2.34 bits per heavy atom. The molecule has 5 aromatic rings. The fourth-order valence-corrected chi connectivity index (χ4v) is 4.60. The Morgan fingerprint density at radius 2 is 1.66 bits per heavy atom. The summed E-state index contributed by atoms with van der Waals surface area (Å²) in [5.41, 5.74) is 6.86. The number of benzene rings is 3. The van der Waals surface area contributed by atoms with E-state index in [1.54, 1.807) is 18.0 Å². The number of para-hydroxylation sites is 2. The molecule has 5 rings (SSSR count). The molecule has 2 heterocycles. The summed E-state index contributed by atoms with van der Waals surface area (Å²) in [6.45, 7) is 1.88. The number of methoxy groups -OCH3 is 1. The highest BCUT2D eigenvalue weighted by molar-refractivity contribution is 7.99. The molecule has 1 N–H and O–H groups in total. The van der Waals surface area contributed by atoms with Gasteiger partial charge in [-0.2, -0.15) is 10.2 Å². The summed E-state index contributed by atoms with van der Waals surface area (Å²) >= 11 is 1.30. The molecule has 0 spiro atoms. The summed E-state index contributed by atoms with van der Waals surface area (Å²) in [7, 11) is 1.63. The van der Waals surface area contributed by atoms with Gasteiger partial charge >= 0.3 is 0 Å². The summed E-state index contributed by atoms with van der Waals surface area (Å²) in [6, 6.07) is 27.2. The van der Waals surface area contributed by atoms with Gasteiger partial charge in [0, 0.05) is 23.0 Å². The van der Waals surface area contributed by atoms with Crippen molar-refractivity contribution in [3.63, 3.8) is 0 Å². The van der Waals surface area contributed by atoms with E-state index < -0.39 is 0 Å². The SMILES string of the molecule is COc1ccc(-c2nn(-c3ccccc3)cc2C=NNC(=O)CSc2nnc(C)n2-c2ccccc2)cc1. The molecule has 0 atom stereocenters. The number of ether oxygens (including phenoxy) is 1. The van der Waals surface area contributed by atoms with E-state index in [4.69, 9.17) is 9.84 Å². The molecular formula is C28H25N7O2S. The Labute approximate surface area is 224 Å². The summed E-state index contributed by atoms with van der Waals surface area (Å²) in [4.78, 5) is 12.6. The second-order valence-electron chi connectivity index (χ2n) is 8.22. The highest BCUT2D eigenvalue weighted by Gasteiger charge is 2.14. The molecule has 0 unspecified atom stereocenters. The van der Waals surface area contributed by atoms with Gasteiger partial charge < -0.3 is 4.74 Å². The quantitative estimate of drug-likeness (QED) is 0.171. The Morgan fingerprint density at radius 1 is 0.974 bits per heavy atom. The van der Waals surface area contributed by atoms with E-state index in [9.17, 15) is 4.79 Å². The minimum atomic E-state index is -0.257. The van der Waals surface area contributed by atoms with E-state index in [0.29, 0.717) is 5.16 Å². The average molecular weight is 524 g/mol. The number of hydrazone groups is 1. The zero-order valence-corrected chi connectivity index (χ0v) is 21.7. The lowest BCUT2D eigenvalue weighted by atomic mass is 10.1. The number of aromatic nitrogens is 5. The van der Waals surface area contributed by atoms with Gasteiger partial charge in [0.1, 0.15) is 17.3 Å². The van der Waals surface area contributed by atoms with Crippen LogP contribution in [0.15, 0.2) is 101 Å². The van der Waals surface area contributed by atoms with Crippen LogP contribution in [0.4, 0.5) is 0 Å². The van der Waals surface area contributed by atoms with Gasteiger partial charge in [0.05, 0.1) is 24.8 Å². The van der Waals surface area contributed by atoms with Gasteiger partial charge in [0.2, 0.25) is 0 Å². The van der Waals surface area contributed by atoms with Gasteiger partial charge in [0.15, 0.2) is 5.16 Å². The molecule has 0 saturated carbocycles. The minimum Gasteiger partial charge on any atom is -0.497 e. The fraction of sp³-hybridized carbons (Fsp3) is 0.107. The number of aryl methyl sites for hydroxylation is 1. The average Bonchev–Trinajstić information content (AvgIpc) is 3.56. The Kier molecular flexibility index (Phi) is 7.60. The van der Waals surface area contributed by atoms with Crippen LogP contribution < -0.4 is 10.2 Å². The van der Waals surface area contributed by atoms with Crippen molar-refractivity contribution in [2.75, 3.05) is 12.9 Å². The van der Waals surface area contributed by atoms with Crippen LogP contribution in [0.5, 0.6) is 5.75 Å². The van der Waals surface area contributed by atoms with Crippen LogP contribution in [0.3, 0.4) is 0 Å². The Balaban J connectivity index is 1.30. The normalized spacial score (nSPS) is 11.1. The number of rotatable bonds is 9. The van der Waals surface area contributed by atoms with E-state index in [2.05, 4.69) is 20.7 Å². The third kappa shape index (κ3) is 5.65. The molecule has 0 radical (unpaired) electrons. The Bertz CT molecular complexity index is 1550. The van der Waals surface area contributed by atoms with Crippen molar-refractivity contribution >= 4 is 23.9 Å². The van der Waals surface area contributed by atoms with Crippen molar-refractivity contribution in [1.29, 1.82) is 0 Å². The maximum Gasteiger partial charge on any atom is 0.250 e. The number of carbonyl (C=O) groups excluding carboxylic acids is 1. The molecule has 10 heteroatoms. The van der Waals surface area contributed by atoms with Crippen LogP contribution in [0, 0.1) is 6.92 Å². The molecule has 38 heavy (non-hydrogen) atoms. The lowest BCUT2D eigenvalue weighted by molar-refractivity contribution is -0.118. The van der Waals surface area contributed by atoms with Gasteiger partial charge in [-0.25, -0.2) is 10.1 Å². The molecule has 0 aliphatic rings. The molecule has 0 aliphatic heterocycles. The van der Waals surface area contributed by atoms with Crippen molar-refractivity contribution < 1.29 is 9.53 Å². The zero-order valence-electron chi connectivity index (χ0n) is 20.9. The van der Waals surface area contributed by atoms with E-state index >= 15 is 0 Å². The second-order valence-corrected chi connectivity index (χ2v) is 9.17. The molecule has 0 saturated heterocycles. The first-order valence-electron chi connectivity index (χ1n) is 11.8. The Hall–Kier alpha value is -4.70. The van der Waals surface area contributed by atoms with Crippen LogP contribution >= 0.6 is 11.8 Å². The number of amides is 1. The van der Waals surface area contributed by atoms with E-state index in [0.717, 1.165) is 39.8 Å². The second kappa shape index (κ2) is 11.6. The monoisotopic (exact) mass is 523 g/mol. The minimum absolute atomic E-state index is 0.136. The highest BCUT2D eigenvalue weighted by Crippen LogP contribution is 2.25. The molecule has 190 valence electrons. The molecule has 0 aliphatic carbocycles. The maximum absolute atomic E-state index is 12.6. The van der Waals surface area contributed by atoms with Crippen LogP contribution in [-0.2, 0) is 4.79 Å². The number of nitrogens with zero attached hydrogens (tertiary/aromatic N) is 6. The predicted octanol–water partition coefficient (Wildman–Crippen LogP) is 4.68. The van der Waals surface area contributed by atoms with Crippen molar-refractivity contribution in [1.82, 2.24) is 30.0 Å². The molecule has 9 nitrogen and oxygen atoms in total. The van der Waals surface area contributed by atoms with Crippen molar-refractivity contribution in [2.45, 2.75) is 12.1 Å². The predicted molar refractivity (Wildman–Crippen MR) is 148 cm³/mol. The number of nitrogens with one attached hydrogen (secondary N) is 1. The lowest BCUT2D eigenvalue weighted by Crippen LogP contribution is -2.20. The number of thioether (sulfide) groups is 1. The van der Waals surface area contributed by atoms with Crippen LogP contribution in [-0.4, -0.2) is 49.5 Å². The van der Waals surface area contributed by atoms with Gasteiger partial charge in [-0.1, -0.05) is 48.2 Å². The van der Waals surface area contributed by atoms with Gasteiger partial charge in [-0.15, -0.1) is 10.2 Å². The molecule has 0 bridgehead atoms. The molecule has 0 fully saturated rings. The van der Waals surface area contributed by atoms with Gasteiger partial charge in [0.25, 0.3) is 5.91 Å². The number of hydrogen-bond donors (Lipinski definition) is 1. The summed E-state index contributed by atoms with van der Waals surface area (Å²) in [5.74, 6) is 1.39. The van der Waals surface area contributed by atoms with E-state index in [-0.39, 0.29) is 11.7 Å². The number of hydrogen-bond acceptors (Lipinski definition) is 7. The highest BCUT2D eigenvalue weighted by atomic mass is 32.2. The standard InChI is InChI=1S/C28H25N7O2S/c1-20-30-32-28(35(20)24-11-7-4-8-12-24)38-19-26(36)31-29-17-22-18-34(23-9-5-3-6-10-23)33-27(22)21-13-15-25(37-2)16-14-21/h3-18H,19H2,1-2H3,(H,31,36). The largest absolute Gasteiger partial charge is 0.497 e. The third-order valence-corrected chi connectivity index (χ3v) is 6.59. The van der Waals surface area contributed by atoms with E-state index in [1.807, 2.05) is 103 Å². The molecular weight excluding hydrogens is 498 g/mol. The summed E-state index contributed by atoms with van der Waals surface area (Å²) in [5, 5.41) is 18.0. The molecule has 2 aromatic heterocycles. The van der Waals surface area contributed by atoms with Crippen LogP contribution in [0.25, 0.3) is 22.6 Å². The van der Waals surface area contributed by atoms with Crippen molar-refractivity contribution in [3.8, 4) is 28.4 Å². The van der Waals surface area contributed by atoms with Gasteiger partial charge in [-0.05, 0) is 55.5 Å². The first-order valence-corrected chi connectivity index (χ1v) is 12.8. The summed E-state index contributed by atoms with van der Waals surface area (Å²) in [6.07, 6.45) is 3.48. The van der Waals surface area contributed by atoms with Crippen LogP contribution in [0.1, 0.15) is 11.4 Å². The van der Waals surface area contributed by atoms with Crippen LogP contribution in [0.2, 0.25) is 0 Å². The lowest BCUT2D eigenvalue weighted by Gasteiger charge is -2.07. The van der Waals surface area contributed by atoms with Crippen molar-refractivity contribution in [3.05, 3.63) is 103 Å². The zero-order chi connectivity index (χ0) is 26.3. The van der Waals surface area contributed by atoms with E-state index in [1.165, 1.54) is 11.8 Å². The molecule has 1 amide bonds. The van der Waals surface area contributed by atoms with Crippen molar-refractivity contribution in [2.24, 2.45) is 5.10 Å². The first kappa shape index (κ1) is 25.0. The smallest absolute Gasteiger partial charge is 0.250 e. The topological polar surface area (TPSA) is 99.2 Å². The summed E-state index contributed by atoms with van der Waals surface area (Å²) < 4.78 is 8.98. The van der Waals surface area contributed by atoms with Gasteiger partial charge in [-0.3, -0.25) is 9.36 Å². The first-order chi connectivity index (χ1) is 18.6. The number of carbonyl (C=O) groups is 1.